The number of piperidine rings is 1. The number of hydrogen-bond acceptors (Lipinski definition) is 5. The number of rotatable bonds is 8. The van der Waals surface area contributed by atoms with Crippen LogP contribution < -0.4 is 10.2 Å². The first-order valence-corrected chi connectivity index (χ1v) is 10.6. The van der Waals surface area contributed by atoms with Crippen LogP contribution in [0, 0.1) is 12.8 Å². The molecular formula is C24H32N4O. The van der Waals surface area contributed by atoms with E-state index in [9.17, 15) is 0 Å². The monoisotopic (exact) mass is 392 g/mol. The Labute approximate surface area is 174 Å². The maximum absolute atomic E-state index is 9.15. The second kappa shape index (κ2) is 10.8. The normalized spacial score (nSPS) is 15.8. The van der Waals surface area contributed by atoms with Crippen molar-refractivity contribution in [1.82, 2.24) is 9.97 Å². The molecule has 2 N–H and O–H groups in total. The van der Waals surface area contributed by atoms with Gasteiger partial charge < -0.3 is 15.3 Å². The number of aromatic nitrogens is 2. The molecule has 0 amide bonds. The van der Waals surface area contributed by atoms with Gasteiger partial charge in [0, 0.05) is 49.5 Å². The number of anilines is 2. The summed E-state index contributed by atoms with van der Waals surface area (Å²) in [5, 5.41) is 12.7. The van der Waals surface area contributed by atoms with Crippen LogP contribution in [0.4, 0.5) is 11.5 Å². The van der Waals surface area contributed by atoms with Crippen LogP contribution >= 0.6 is 0 Å². The molecule has 0 unspecified atom stereocenters. The summed E-state index contributed by atoms with van der Waals surface area (Å²) in [6.45, 7) is 6.49. The summed E-state index contributed by atoms with van der Waals surface area (Å²) in [6, 6.07) is 8.15. The van der Waals surface area contributed by atoms with Gasteiger partial charge in [-0.25, -0.2) is 4.98 Å². The number of aliphatic hydroxyl groups excluding tert-OH is 1. The first kappa shape index (κ1) is 21.1. The molecule has 3 heterocycles. The number of aliphatic hydroxyl groups is 1. The average Bonchev–Trinajstić information content (AvgIpc) is 2.74. The molecule has 154 valence electrons. The summed E-state index contributed by atoms with van der Waals surface area (Å²) in [5.41, 5.74) is 4.23. The molecule has 3 rings (SSSR count). The van der Waals surface area contributed by atoms with E-state index in [2.05, 4.69) is 64.4 Å². The first-order chi connectivity index (χ1) is 14.2. The predicted octanol–water partition coefficient (Wildman–Crippen LogP) is 4.80. The van der Waals surface area contributed by atoms with Crippen LogP contribution in [0.3, 0.4) is 0 Å². The van der Waals surface area contributed by atoms with Crippen molar-refractivity contribution in [2.75, 3.05) is 29.9 Å². The molecule has 1 saturated heterocycles. The summed E-state index contributed by atoms with van der Waals surface area (Å²) in [5.74, 6) is 1.65. The lowest BCUT2D eigenvalue weighted by Gasteiger charge is -2.32. The van der Waals surface area contributed by atoms with Crippen molar-refractivity contribution in [1.29, 1.82) is 0 Å². The summed E-state index contributed by atoms with van der Waals surface area (Å²) in [6.07, 6.45) is 14.1. The molecule has 0 saturated carbocycles. The van der Waals surface area contributed by atoms with E-state index in [1.807, 2.05) is 24.5 Å². The largest absolute Gasteiger partial charge is 0.396 e. The molecule has 0 bridgehead atoms. The Morgan fingerprint density at radius 1 is 1.24 bits per heavy atom. The van der Waals surface area contributed by atoms with Gasteiger partial charge >= 0.3 is 0 Å². The van der Waals surface area contributed by atoms with Crippen molar-refractivity contribution in [2.45, 2.75) is 39.5 Å². The lowest BCUT2D eigenvalue weighted by Crippen LogP contribution is -2.34. The van der Waals surface area contributed by atoms with E-state index in [4.69, 9.17) is 5.11 Å². The van der Waals surface area contributed by atoms with Gasteiger partial charge in [-0.2, -0.15) is 0 Å². The molecule has 0 spiro atoms. The maximum Gasteiger partial charge on any atom is 0.130 e. The smallest absolute Gasteiger partial charge is 0.130 e. The van der Waals surface area contributed by atoms with Gasteiger partial charge in [0.25, 0.3) is 0 Å². The van der Waals surface area contributed by atoms with Crippen LogP contribution in [-0.2, 0) is 0 Å². The SMILES string of the molecule is CC/C=C(/C=C\c1ncccc1C)Nc1ccnc(N2CCC(CCO)CC2)c1. The van der Waals surface area contributed by atoms with Gasteiger partial charge in [0.1, 0.15) is 5.82 Å². The number of nitrogens with one attached hydrogen (secondary N) is 1. The third-order valence-electron chi connectivity index (χ3n) is 5.40. The molecule has 5 nitrogen and oxygen atoms in total. The van der Waals surface area contributed by atoms with Crippen LogP contribution in [0.1, 0.15) is 43.9 Å². The Balaban J connectivity index is 1.67. The Hall–Kier alpha value is -2.66. The first-order valence-electron chi connectivity index (χ1n) is 10.6. The number of nitrogens with zero attached hydrogens (tertiary/aromatic N) is 3. The van der Waals surface area contributed by atoms with Crippen molar-refractivity contribution in [3.63, 3.8) is 0 Å². The van der Waals surface area contributed by atoms with E-state index < -0.39 is 0 Å². The van der Waals surface area contributed by atoms with Gasteiger partial charge in [-0.05, 0) is 68.4 Å². The highest BCUT2D eigenvalue weighted by molar-refractivity contribution is 5.60. The minimum atomic E-state index is 0.292. The van der Waals surface area contributed by atoms with E-state index in [1.54, 1.807) is 0 Å². The summed E-state index contributed by atoms with van der Waals surface area (Å²) >= 11 is 0. The van der Waals surface area contributed by atoms with E-state index >= 15 is 0 Å². The van der Waals surface area contributed by atoms with Crippen molar-refractivity contribution < 1.29 is 5.11 Å². The van der Waals surface area contributed by atoms with Crippen molar-refractivity contribution >= 4 is 17.6 Å². The highest BCUT2D eigenvalue weighted by Crippen LogP contribution is 2.25. The average molecular weight is 393 g/mol. The molecule has 0 atom stereocenters. The minimum Gasteiger partial charge on any atom is -0.396 e. The van der Waals surface area contributed by atoms with Crippen LogP contribution in [-0.4, -0.2) is 34.8 Å². The standard InChI is InChI=1S/C24H32N4O/c1-3-5-21(7-8-23-19(2)6-4-13-25-23)27-22-9-14-26-24(18-22)28-15-10-20(11-16-28)12-17-29/h4-9,13-14,18,20,29H,3,10-12,15-17H2,1-2H3,(H,26,27)/b8-7-,21-5-. The molecule has 5 heteroatoms. The molecular weight excluding hydrogens is 360 g/mol. The molecule has 2 aromatic heterocycles. The van der Waals surface area contributed by atoms with E-state index in [0.29, 0.717) is 12.5 Å². The maximum atomic E-state index is 9.15. The molecule has 29 heavy (non-hydrogen) atoms. The van der Waals surface area contributed by atoms with Crippen LogP contribution in [0.25, 0.3) is 6.08 Å². The van der Waals surface area contributed by atoms with Crippen LogP contribution in [0.5, 0.6) is 0 Å². The minimum absolute atomic E-state index is 0.292. The lowest BCUT2D eigenvalue weighted by molar-refractivity contribution is 0.240. The van der Waals surface area contributed by atoms with Gasteiger partial charge in [0.15, 0.2) is 0 Å². The Morgan fingerprint density at radius 2 is 2.07 bits per heavy atom. The third-order valence-corrected chi connectivity index (χ3v) is 5.40. The summed E-state index contributed by atoms with van der Waals surface area (Å²) < 4.78 is 0. The third kappa shape index (κ3) is 6.16. The van der Waals surface area contributed by atoms with Gasteiger partial charge in [-0.1, -0.05) is 19.1 Å². The summed E-state index contributed by atoms with van der Waals surface area (Å²) in [4.78, 5) is 11.4. The zero-order chi connectivity index (χ0) is 20.5. The fourth-order valence-electron chi connectivity index (χ4n) is 3.69. The molecule has 0 aromatic carbocycles. The lowest BCUT2D eigenvalue weighted by atomic mass is 9.94. The number of allylic oxidation sites excluding steroid dienone is 2. The topological polar surface area (TPSA) is 61.3 Å². The Morgan fingerprint density at radius 3 is 2.79 bits per heavy atom. The highest BCUT2D eigenvalue weighted by Gasteiger charge is 2.19. The molecule has 0 radical (unpaired) electrons. The quantitative estimate of drug-likeness (QED) is 0.632. The van der Waals surface area contributed by atoms with Gasteiger partial charge in [-0.15, -0.1) is 0 Å². The predicted molar refractivity (Wildman–Crippen MR) is 121 cm³/mol. The van der Waals surface area contributed by atoms with E-state index in [1.165, 1.54) is 0 Å². The summed E-state index contributed by atoms with van der Waals surface area (Å²) in [7, 11) is 0. The van der Waals surface area contributed by atoms with E-state index in [-0.39, 0.29) is 0 Å². The van der Waals surface area contributed by atoms with Crippen LogP contribution in [0.2, 0.25) is 0 Å². The van der Waals surface area contributed by atoms with Crippen LogP contribution in [0.15, 0.2) is 54.5 Å². The number of hydrogen-bond donors (Lipinski definition) is 2. The number of pyridine rings is 2. The zero-order valence-corrected chi connectivity index (χ0v) is 17.5. The molecule has 1 aliphatic rings. The zero-order valence-electron chi connectivity index (χ0n) is 17.5. The van der Waals surface area contributed by atoms with E-state index in [0.717, 1.165) is 67.2 Å². The molecule has 2 aromatic rings. The Kier molecular flexibility index (Phi) is 7.82. The Bertz CT molecular complexity index is 838. The van der Waals surface area contributed by atoms with Gasteiger partial charge in [0.05, 0.1) is 5.69 Å². The van der Waals surface area contributed by atoms with Crippen molar-refractivity contribution in [3.05, 3.63) is 65.8 Å². The van der Waals surface area contributed by atoms with Gasteiger partial charge in [-0.3, -0.25) is 4.98 Å². The van der Waals surface area contributed by atoms with Crippen molar-refractivity contribution in [2.24, 2.45) is 5.92 Å². The van der Waals surface area contributed by atoms with Gasteiger partial charge in [0.2, 0.25) is 0 Å². The fourth-order valence-corrected chi connectivity index (χ4v) is 3.69. The molecule has 1 aliphatic heterocycles. The second-order valence-electron chi connectivity index (χ2n) is 7.58. The second-order valence-corrected chi connectivity index (χ2v) is 7.58. The fraction of sp³-hybridized carbons (Fsp3) is 0.417. The van der Waals surface area contributed by atoms with Crippen molar-refractivity contribution in [3.8, 4) is 0 Å². The molecule has 1 fully saturated rings. The highest BCUT2D eigenvalue weighted by atomic mass is 16.3. The molecule has 0 aliphatic carbocycles. The number of aryl methyl sites for hydroxylation is 1.